The number of carbonyl (C=O) groups excluding carboxylic acids is 4. The van der Waals surface area contributed by atoms with Gasteiger partial charge in [0.2, 0.25) is 0 Å². The zero-order chi connectivity index (χ0) is 36.8. The van der Waals surface area contributed by atoms with Crippen molar-refractivity contribution in [2.75, 3.05) is 8.61 Å². The summed E-state index contributed by atoms with van der Waals surface area (Å²) >= 11 is 6.05. The molecule has 4 rings (SSSR count). The van der Waals surface area contributed by atoms with Gasteiger partial charge in [0.1, 0.15) is 28.7 Å². The number of hydrogen-bond acceptors (Lipinski definition) is 7. The van der Waals surface area contributed by atoms with Crippen molar-refractivity contribution >= 4 is 59.0 Å². The van der Waals surface area contributed by atoms with E-state index in [0.717, 1.165) is 54.6 Å². The van der Waals surface area contributed by atoms with Crippen molar-refractivity contribution in [3.8, 4) is 11.5 Å². The number of ether oxygens (including phenoxy) is 2. The molecule has 4 aromatic carbocycles. The van der Waals surface area contributed by atoms with Crippen LogP contribution in [-0.4, -0.2) is 36.6 Å². The maximum Gasteiger partial charge on any atom is 0.573 e. The van der Waals surface area contributed by atoms with Crippen molar-refractivity contribution in [1.82, 2.24) is 10.6 Å². The van der Waals surface area contributed by atoms with Crippen molar-refractivity contribution in [1.29, 1.82) is 0 Å². The molecule has 0 aromatic heterocycles. The second kappa shape index (κ2) is 15.3. The van der Waals surface area contributed by atoms with Crippen LogP contribution in [-0.2, 0) is 0 Å². The Kier molecular flexibility index (Phi) is 11.4. The number of amides is 6. The van der Waals surface area contributed by atoms with E-state index in [-0.39, 0.29) is 28.4 Å². The fraction of sp³-hybridized carbons (Fsp3) is 0.0667. The third-order valence-electron chi connectivity index (χ3n) is 5.89. The van der Waals surface area contributed by atoms with Crippen LogP contribution >= 0.6 is 23.7 Å². The lowest BCUT2D eigenvalue weighted by Gasteiger charge is -2.28. The van der Waals surface area contributed by atoms with E-state index in [4.69, 9.17) is 11.6 Å². The number of imide groups is 2. The Morgan fingerprint density at radius 3 is 1.44 bits per heavy atom. The first-order valence-corrected chi connectivity index (χ1v) is 14.4. The fourth-order valence-electron chi connectivity index (χ4n) is 3.84. The topological polar surface area (TPSA) is 117 Å². The Labute approximate surface area is 284 Å². The second-order valence-corrected chi connectivity index (χ2v) is 10.6. The van der Waals surface area contributed by atoms with Crippen LogP contribution in [0.15, 0.2) is 91.0 Å². The molecule has 0 spiro atoms. The number of nitrogens with zero attached hydrogens (tertiary/aromatic N) is 2. The van der Waals surface area contributed by atoms with Gasteiger partial charge in [0.15, 0.2) is 0 Å². The molecule has 262 valence electrons. The van der Waals surface area contributed by atoms with Gasteiger partial charge in [-0.25, -0.2) is 27.0 Å². The number of rotatable bonds is 8. The highest BCUT2D eigenvalue weighted by atomic mass is 35.5. The second-order valence-electron chi connectivity index (χ2n) is 9.35. The van der Waals surface area contributed by atoms with E-state index in [9.17, 15) is 54.3 Å². The van der Waals surface area contributed by atoms with Crippen LogP contribution in [0.1, 0.15) is 20.7 Å². The minimum absolute atomic E-state index is 0.0288. The lowest BCUT2D eigenvalue weighted by atomic mass is 10.2. The molecule has 50 heavy (non-hydrogen) atoms. The molecule has 0 radical (unpaired) electrons. The molecule has 0 aliphatic carbocycles. The molecule has 10 nitrogen and oxygen atoms in total. The third kappa shape index (κ3) is 9.98. The van der Waals surface area contributed by atoms with Crippen LogP contribution in [0.5, 0.6) is 11.5 Å². The Balaban J connectivity index is 1.75. The van der Waals surface area contributed by atoms with Crippen LogP contribution in [0.4, 0.5) is 56.1 Å². The lowest BCUT2D eigenvalue weighted by Crippen LogP contribution is -2.46. The molecule has 0 aliphatic rings. The summed E-state index contributed by atoms with van der Waals surface area (Å²) in [5.41, 5.74) is -2.12. The van der Waals surface area contributed by atoms with E-state index in [1.54, 1.807) is 5.32 Å². The smallest absolute Gasteiger partial charge is 0.406 e. The van der Waals surface area contributed by atoms with Crippen LogP contribution in [0.25, 0.3) is 0 Å². The number of hydrogen-bond donors (Lipinski definition) is 2. The molecule has 0 saturated heterocycles. The monoisotopic (exact) mass is 748 g/mol. The molecule has 4 aromatic rings. The Morgan fingerprint density at radius 2 is 1.02 bits per heavy atom. The predicted molar refractivity (Wildman–Crippen MR) is 162 cm³/mol. The molecular formula is C30H17ClF8N4O6S. The first-order valence-electron chi connectivity index (χ1n) is 13.3. The van der Waals surface area contributed by atoms with Crippen LogP contribution in [0.3, 0.4) is 0 Å². The van der Waals surface area contributed by atoms with Gasteiger partial charge >= 0.3 is 24.8 Å². The highest BCUT2D eigenvalue weighted by Gasteiger charge is 2.34. The minimum Gasteiger partial charge on any atom is -0.406 e. The van der Waals surface area contributed by atoms with Crippen LogP contribution in [0, 0.1) is 11.6 Å². The van der Waals surface area contributed by atoms with Gasteiger partial charge in [0, 0.05) is 0 Å². The summed E-state index contributed by atoms with van der Waals surface area (Å²) in [5.74, 6) is -6.96. The molecule has 20 heteroatoms. The largest absolute Gasteiger partial charge is 0.573 e. The first kappa shape index (κ1) is 37.3. The van der Waals surface area contributed by atoms with Crippen molar-refractivity contribution < 1.29 is 63.8 Å². The number of anilines is 2. The summed E-state index contributed by atoms with van der Waals surface area (Å²) in [5, 5.41) is 3.55. The quantitative estimate of drug-likeness (QED) is 0.137. The van der Waals surface area contributed by atoms with Crippen molar-refractivity contribution in [2.45, 2.75) is 12.7 Å². The van der Waals surface area contributed by atoms with E-state index < -0.39 is 71.0 Å². The zero-order valence-corrected chi connectivity index (χ0v) is 25.9. The Hall–Kier alpha value is -5.56. The highest BCUT2D eigenvalue weighted by Crippen LogP contribution is 2.34. The molecule has 0 heterocycles. The number of nitrogens with one attached hydrogen (secondary N) is 2. The average Bonchev–Trinajstić information content (AvgIpc) is 3.01. The van der Waals surface area contributed by atoms with E-state index in [1.165, 1.54) is 24.3 Å². The lowest BCUT2D eigenvalue weighted by molar-refractivity contribution is -0.275. The summed E-state index contributed by atoms with van der Waals surface area (Å²) in [4.78, 5) is 52.7. The summed E-state index contributed by atoms with van der Waals surface area (Å²) in [6, 6.07) is 11.4. The van der Waals surface area contributed by atoms with Crippen LogP contribution in [0.2, 0.25) is 5.02 Å². The zero-order valence-electron chi connectivity index (χ0n) is 24.3. The molecule has 2 N–H and O–H groups in total. The summed E-state index contributed by atoms with van der Waals surface area (Å²) in [7, 11) is 0. The number of halogens is 9. The molecular weight excluding hydrogens is 732 g/mol. The van der Waals surface area contributed by atoms with Gasteiger partial charge < -0.3 is 9.47 Å². The molecule has 6 amide bonds. The molecule has 0 unspecified atom stereocenters. The molecule has 0 saturated carbocycles. The summed E-state index contributed by atoms with van der Waals surface area (Å²) in [6.07, 6.45) is -10.2. The summed E-state index contributed by atoms with van der Waals surface area (Å²) < 4.78 is 114. The normalized spacial score (nSPS) is 11.3. The standard InChI is InChI=1S/C30H17ClF8N4O6S/c31-21-5-2-1-4-20(21)25(44)40-27(46)42(16-8-12-18(13-9-16)48-29(34,35)36)50-43(17-10-14-19(15-11-17)49-30(37,38)39)28(47)41-26(45)24-22(32)6-3-7-23(24)33/h1-15H,(H,40,44,46)(H,41,45,47). The third-order valence-corrected chi connectivity index (χ3v) is 7.30. The van der Waals surface area contributed by atoms with Crippen molar-refractivity contribution in [3.63, 3.8) is 0 Å². The number of benzene rings is 4. The van der Waals surface area contributed by atoms with Gasteiger partial charge in [0.05, 0.1) is 34.1 Å². The Bertz CT molecular complexity index is 1880. The summed E-state index contributed by atoms with van der Waals surface area (Å²) in [6.45, 7) is 0. The van der Waals surface area contributed by atoms with Gasteiger partial charge in [-0.3, -0.25) is 20.2 Å². The first-order chi connectivity index (χ1) is 23.4. The van der Waals surface area contributed by atoms with E-state index in [0.29, 0.717) is 20.7 Å². The molecule has 0 aliphatic heterocycles. The van der Waals surface area contributed by atoms with Crippen molar-refractivity contribution in [3.05, 3.63) is 119 Å². The maximum absolute atomic E-state index is 14.3. The Morgan fingerprint density at radius 1 is 0.600 bits per heavy atom. The average molecular weight is 749 g/mol. The minimum atomic E-state index is -5.12. The van der Waals surface area contributed by atoms with Crippen LogP contribution < -0.4 is 28.7 Å². The van der Waals surface area contributed by atoms with Gasteiger partial charge in [-0.2, -0.15) is 0 Å². The fourth-order valence-corrected chi connectivity index (χ4v) is 4.89. The van der Waals surface area contributed by atoms with Gasteiger partial charge in [-0.15, -0.1) is 26.3 Å². The molecule has 0 bridgehead atoms. The predicted octanol–water partition coefficient (Wildman–Crippen LogP) is 8.39. The van der Waals surface area contributed by atoms with E-state index in [2.05, 4.69) is 9.47 Å². The van der Waals surface area contributed by atoms with Gasteiger partial charge in [-0.05, 0) is 72.8 Å². The molecule has 0 fully saturated rings. The SMILES string of the molecule is O=C(NC(=O)N(SN(C(=O)NC(=O)c1c(F)cccc1F)c1ccc(OC(F)(F)F)cc1)c1ccc(OC(F)(F)F)cc1)c1ccccc1Cl. The number of alkyl halides is 6. The van der Waals surface area contributed by atoms with Gasteiger partial charge in [0.25, 0.3) is 11.8 Å². The van der Waals surface area contributed by atoms with Gasteiger partial charge in [-0.1, -0.05) is 29.8 Å². The highest BCUT2D eigenvalue weighted by molar-refractivity contribution is 8.03. The van der Waals surface area contributed by atoms with E-state index in [1.807, 2.05) is 5.32 Å². The molecule has 0 atom stereocenters. The number of urea groups is 2. The maximum atomic E-state index is 14.3. The number of carbonyl (C=O) groups is 4. The van der Waals surface area contributed by atoms with Crippen molar-refractivity contribution in [2.24, 2.45) is 0 Å². The van der Waals surface area contributed by atoms with E-state index >= 15 is 0 Å².